The molecule has 53 heavy (non-hydrogen) atoms. The van der Waals surface area contributed by atoms with Crippen molar-refractivity contribution < 1.29 is 28.6 Å². The second-order valence-electron chi connectivity index (χ2n) is 15.3. The first-order valence-corrected chi connectivity index (χ1v) is 22.8. The van der Waals surface area contributed by atoms with Crippen LogP contribution in [0, 0.1) is 0 Å². The minimum Gasteiger partial charge on any atom is -0.462 e. The van der Waals surface area contributed by atoms with Gasteiger partial charge in [0.1, 0.15) is 13.2 Å². The third-order valence-electron chi connectivity index (χ3n) is 9.96. The Morgan fingerprint density at radius 3 is 1.08 bits per heavy atom. The van der Waals surface area contributed by atoms with E-state index in [9.17, 15) is 14.4 Å². The maximum Gasteiger partial charge on any atom is 0.306 e. The maximum absolute atomic E-state index is 12.7. The summed E-state index contributed by atoms with van der Waals surface area (Å²) in [5.41, 5.74) is 0. The molecule has 0 heterocycles. The first-order chi connectivity index (χ1) is 26.0. The average Bonchev–Trinajstić information content (AvgIpc) is 3.15. The number of hydrogen-bond acceptors (Lipinski definition) is 6. The van der Waals surface area contributed by atoms with Crippen molar-refractivity contribution in [2.24, 2.45) is 0 Å². The molecule has 1 atom stereocenters. The lowest BCUT2D eigenvalue weighted by atomic mass is 10.1. The molecule has 0 rings (SSSR count). The summed E-state index contributed by atoms with van der Waals surface area (Å²) in [5, 5.41) is 0. The van der Waals surface area contributed by atoms with Crippen LogP contribution in [0.2, 0.25) is 0 Å². The van der Waals surface area contributed by atoms with Crippen molar-refractivity contribution in [1.82, 2.24) is 0 Å². The van der Waals surface area contributed by atoms with Crippen LogP contribution in [0.4, 0.5) is 0 Å². The molecule has 0 bridgehead atoms. The van der Waals surface area contributed by atoms with Crippen molar-refractivity contribution in [2.45, 2.75) is 245 Å². The van der Waals surface area contributed by atoms with Gasteiger partial charge >= 0.3 is 17.9 Å². The lowest BCUT2D eigenvalue weighted by Gasteiger charge is -2.18. The third-order valence-corrected chi connectivity index (χ3v) is 9.96. The third kappa shape index (κ3) is 40.9. The molecule has 310 valence electrons. The summed E-state index contributed by atoms with van der Waals surface area (Å²) in [7, 11) is 0. The zero-order valence-electron chi connectivity index (χ0n) is 35.3. The highest BCUT2D eigenvalue weighted by molar-refractivity contribution is 5.71. The molecule has 0 spiro atoms. The van der Waals surface area contributed by atoms with Crippen LogP contribution in [0.15, 0.2) is 24.3 Å². The molecule has 0 aromatic carbocycles. The number of unbranched alkanes of at least 4 members (excludes halogenated alkanes) is 26. The van der Waals surface area contributed by atoms with Crippen LogP contribution in [0.3, 0.4) is 0 Å². The van der Waals surface area contributed by atoms with Gasteiger partial charge in [0.2, 0.25) is 0 Å². The second kappa shape index (κ2) is 42.6. The van der Waals surface area contributed by atoms with Crippen LogP contribution in [-0.4, -0.2) is 37.2 Å². The van der Waals surface area contributed by atoms with Gasteiger partial charge < -0.3 is 14.2 Å². The van der Waals surface area contributed by atoms with E-state index >= 15 is 0 Å². The Bertz CT molecular complexity index is 865. The molecule has 6 nitrogen and oxygen atoms in total. The molecule has 0 aliphatic heterocycles. The monoisotopic (exact) mass is 747 g/mol. The molecule has 0 fully saturated rings. The van der Waals surface area contributed by atoms with E-state index in [1.165, 1.54) is 122 Å². The van der Waals surface area contributed by atoms with Crippen LogP contribution in [0.25, 0.3) is 0 Å². The van der Waals surface area contributed by atoms with Gasteiger partial charge in [-0.1, -0.05) is 193 Å². The van der Waals surface area contributed by atoms with E-state index in [1.54, 1.807) is 0 Å². The molecular weight excluding hydrogens is 661 g/mol. The lowest BCUT2D eigenvalue weighted by molar-refractivity contribution is -0.167. The van der Waals surface area contributed by atoms with Crippen molar-refractivity contribution in [3.63, 3.8) is 0 Å². The Hall–Kier alpha value is -2.11. The fraction of sp³-hybridized carbons (Fsp3) is 0.851. The van der Waals surface area contributed by atoms with Gasteiger partial charge in [-0.3, -0.25) is 14.4 Å². The van der Waals surface area contributed by atoms with Crippen LogP contribution < -0.4 is 0 Å². The molecule has 0 unspecified atom stereocenters. The zero-order chi connectivity index (χ0) is 38.7. The summed E-state index contributed by atoms with van der Waals surface area (Å²) in [6.45, 7) is 6.57. The van der Waals surface area contributed by atoms with Gasteiger partial charge in [-0.05, 0) is 51.4 Å². The van der Waals surface area contributed by atoms with Gasteiger partial charge in [0.05, 0.1) is 0 Å². The molecule has 0 aromatic heterocycles. The van der Waals surface area contributed by atoms with Crippen LogP contribution in [-0.2, 0) is 28.6 Å². The quantitative estimate of drug-likeness (QED) is 0.0268. The Morgan fingerprint density at radius 2 is 0.679 bits per heavy atom. The van der Waals surface area contributed by atoms with E-state index in [-0.39, 0.29) is 31.1 Å². The highest BCUT2D eigenvalue weighted by Crippen LogP contribution is 2.14. The largest absolute Gasteiger partial charge is 0.462 e. The van der Waals surface area contributed by atoms with E-state index in [2.05, 4.69) is 45.1 Å². The van der Waals surface area contributed by atoms with E-state index in [0.29, 0.717) is 19.3 Å². The molecule has 0 saturated carbocycles. The molecule has 0 amide bonds. The predicted molar refractivity (Wildman–Crippen MR) is 224 cm³/mol. The Kier molecular flexibility index (Phi) is 40.9. The highest BCUT2D eigenvalue weighted by Gasteiger charge is 2.19. The van der Waals surface area contributed by atoms with Gasteiger partial charge in [-0.25, -0.2) is 0 Å². The van der Waals surface area contributed by atoms with E-state index in [4.69, 9.17) is 14.2 Å². The highest BCUT2D eigenvalue weighted by atomic mass is 16.6. The van der Waals surface area contributed by atoms with Gasteiger partial charge in [-0.2, -0.15) is 0 Å². The maximum atomic E-state index is 12.7. The number of esters is 3. The van der Waals surface area contributed by atoms with Crippen molar-refractivity contribution in [3.05, 3.63) is 24.3 Å². The number of carbonyl (C=O) groups excluding carboxylic acids is 3. The first kappa shape index (κ1) is 50.9. The molecule has 0 aliphatic carbocycles. The Labute approximate surface area is 328 Å². The minimum absolute atomic E-state index is 0.0722. The average molecular weight is 747 g/mol. The van der Waals surface area contributed by atoms with Gasteiger partial charge in [-0.15, -0.1) is 0 Å². The Morgan fingerprint density at radius 1 is 0.377 bits per heavy atom. The fourth-order valence-electron chi connectivity index (χ4n) is 6.47. The SMILES string of the molecule is CCCCC/C=C\C/C=C\CCCCCCCC(=O)OC[C@@H](COC(=O)CCCCCCCCCCC)OC(=O)CCCCCCCCCCCCC. The zero-order valence-corrected chi connectivity index (χ0v) is 35.3. The molecule has 0 saturated heterocycles. The van der Waals surface area contributed by atoms with Crippen LogP contribution in [0.5, 0.6) is 0 Å². The molecule has 0 radical (unpaired) electrons. The number of allylic oxidation sites excluding steroid dienone is 4. The van der Waals surface area contributed by atoms with Gasteiger partial charge in [0.25, 0.3) is 0 Å². The molecule has 0 N–H and O–H groups in total. The predicted octanol–water partition coefficient (Wildman–Crippen LogP) is 14.4. The molecule has 0 aromatic rings. The summed E-state index contributed by atoms with van der Waals surface area (Å²) in [6, 6.07) is 0. The van der Waals surface area contributed by atoms with Crippen molar-refractivity contribution in [3.8, 4) is 0 Å². The van der Waals surface area contributed by atoms with Crippen LogP contribution >= 0.6 is 0 Å². The van der Waals surface area contributed by atoms with E-state index in [1.807, 2.05) is 0 Å². The molecular formula is C47H86O6. The number of carbonyl (C=O) groups is 3. The van der Waals surface area contributed by atoms with Crippen molar-refractivity contribution in [1.29, 1.82) is 0 Å². The number of ether oxygens (including phenoxy) is 3. The topological polar surface area (TPSA) is 78.9 Å². The van der Waals surface area contributed by atoms with Gasteiger partial charge in [0.15, 0.2) is 6.10 Å². The summed E-state index contributed by atoms with van der Waals surface area (Å²) in [6.07, 6.45) is 45.8. The van der Waals surface area contributed by atoms with E-state index < -0.39 is 6.10 Å². The summed E-state index contributed by atoms with van der Waals surface area (Å²) in [5.74, 6) is -0.885. The standard InChI is InChI=1S/C47H86O6/c1-4-7-10-13-16-19-21-22-23-24-26-28-31-34-37-40-46(49)52-43-44(42-51-45(48)39-36-33-30-27-18-15-12-9-6-3)53-47(50)41-38-35-32-29-25-20-17-14-11-8-5-2/h16,19,22-23,44H,4-15,17-18,20-21,24-43H2,1-3H3/b19-16-,23-22-/t44-/m1/s1. The van der Waals surface area contributed by atoms with Gasteiger partial charge in [0, 0.05) is 19.3 Å². The normalized spacial score (nSPS) is 12.1. The van der Waals surface area contributed by atoms with Crippen LogP contribution in [0.1, 0.15) is 239 Å². The molecule has 6 heteroatoms. The second-order valence-corrected chi connectivity index (χ2v) is 15.3. The lowest BCUT2D eigenvalue weighted by Crippen LogP contribution is -2.30. The van der Waals surface area contributed by atoms with Crippen molar-refractivity contribution in [2.75, 3.05) is 13.2 Å². The summed E-state index contributed by atoms with van der Waals surface area (Å²) >= 11 is 0. The Balaban J connectivity index is 4.34. The number of rotatable bonds is 41. The summed E-state index contributed by atoms with van der Waals surface area (Å²) in [4.78, 5) is 37.6. The minimum atomic E-state index is -0.768. The summed E-state index contributed by atoms with van der Waals surface area (Å²) < 4.78 is 16.7. The first-order valence-electron chi connectivity index (χ1n) is 22.8. The smallest absolute Gasteiger partial charge is 0.306 e. The fourth-order valence-corrected chi connectivity index (χ4v) is 6.47. The van der Waals surface area contributed by atoms with Crippen molar-refractivity contribution >= 4 is 17.9 Å². The van der Waals surface area contributed by atoms with E-state index in [0.717, 1.165) is 77.0 Å². The molecule has 0 aliphatic rings. The number of hydrogen-bond donors (Lipinski definition) is 0.